The third kappa shape index (κ3) is 1.36. The minimum absolute atomic E-state index is 1.12. The highest BCUT2D eigenvalue weighted by atomic mass is 14.3. The van der Waals surface area contributed by atoms with Crippen LogP contribution in [0.5, 0.6) is 0 Å². The topological polar surface area (TPSA) is 0 Å². The van der Waals surface area contributed by atoms with Gasteiger partial charge < -0.3 is 0 Å². The van der Waals surface area contributed by atoms with Gasteiger partial charge in [0.1, 0.15) is 0 Å². The van der Waals surface area contributed by atoms with Crippen LogP contribution in [-0.4, -0.2) is 0 Å². The van der Waals surface area contributed by atoms with Crippen molar-refractivity contribution in [2.24, 2.45) is 5.92 Å². The Morgan fingerprint density at radius 2 is 1.70 bits per heavy atom. The van der Waals surface area contributed by atoms with Gasteiger partial charge in [0.15, 0.2) is 0 Å². The first kappa shape index (κ1) is 6.69. The Morgan fingerprint density at radius 3 is 2.20 bits per heavy atom. The van der Waals surface area contributed by atoms with Crippen LogP contribution in [0.2, 0.25) is 0 Å². The lowest BCUT2D eigenvalue weighted by Crippen LogP contribution is -2.13. The Bertz CT molecular complexity index is 96.6. The molecule has 2 saturated carbocycles. The second-order valence-electron chi connectivity index (χ2n) is 3.96. The molecule has 2 fully saturated rings. The van der Waals surface area contributed by atoms with Crippen molar-refractivity contribution in [2.75, 3.05) is 0 Å². The lowest BCUT2D eigenvalue weighted by atomic mass is 9.78. The molecule has 0 aromatic carbocycles. The van der Waals surface area contributed by atoms with E-state index in [0.717, 1.165) is 5.92 Å². The van der Waals surface area contributed by atoms with Crippen molar-refractivity contribution in [2.45, 2.75) is 51.4 Å². The fourth-order valence-electron chi connectivity index (χ4n) is 2.18. The molecular weight excluding hydrogens is 120 g/mol. The molecule has 1 radical (unpaired) electrons. The third-order valence-electron chi connectivity index (χ3n) is 3.11. The molecule has 10 heavy (non-hydrogen) atoms. The van der Waals surface area contributed by atoms with E-state index in [1.807, 2.05) is 5.92 Å². The highest BCUT2D eigenvalue weighted by molar-refractivity contribution is 4.97. The highest BCUT2D eigenvalue weighted by Gasteiger charge is 2.24. The number of rotatable bonds is 2. The van der Waals surface area contributed by atoms with Crippen LogP contribution in [-0.2, 0) is 0 Å². The summed E-state index contributed by atoms with van der Waals surface area (Å²) in [4.78, 5) is 0. The van der Waals surface area contributed by atoms with Gasteiger partial charge in [-0.2, -0.15) is 0 Å². The smallest absolute Gasteiger partial charge is 0.0238 e. The zero-order chi connectivity index (χ0) is 6.81. The molecule has 0 heteroatoms. The van der Waals surface area contributed by atoms with Gasteiger partial charge in [0.05, 0.1) is 0 Å². The minimum atomic E-state index is 1.12. The van der Waals surface area contributed by atoms with Crippen molar-refractivity contribution >= 4 is 0 Å². The molecule has 0 N–H and O–H groups in total. The van der Waals surface area contributed by atoms with Gasteiger partial charge >= 0.3 is 0 Å². The van der Waals surface area contributed by atoms with Crippen molar-refractivity contribution in [1.82, 2.24) is 0 Å². The molecule has 0 spiro atoms. The average molecular weight is 137 g/mol. The normalized spacial score (nSPS) is 28.8. The first-order chi connectivity index (χ1) is 4.95. The van der Waals surface area contributed by atoms with Gasteiger partial charge in [0.25, 0.3) is 0 Å². The van der Waals surface area contributed by atoms with Crippen LogP contribution in [0.15, 0.2) is 0 Å². The maximum Gasteiger partial charge on any atom is -0.0238 e. The number of hydrogen-bond donors (Lipinski definition) is 0. The van der Waals surface area contributed by atoms with Crippen LogP contribution in [0.1, 0.15) is 51.4 Å². The van der Waals surface area contributed by atoms with E-state index >= 15 is 0 Å². The van der Waals surface area contributed by atoms with E-state index in [9.17, 15) is 0 Å². The van der Waals surface area contributed by atoms with E-state index in [1.165, 1.54) is 51.4 Å². The van der Waals surface area contributed by atoms with E-state index in [1.54, 1.807) is 0 Å². The van der Waals surface area contributed by atoms with Crippen LogP contribution in [0.25, 0.3) is 0 Å². The average Bonchev–Trinajstić information content (AvgIpc) is 2.29. The SMILES string of the molecule is C1CC[C](CC2CCC2)C1. The number of hydrogen-bond acceptors (Lipinski definition) is 0. The molecule has 0 heterocycles. The van der Waals surface area contributed by atoms with Crippen molar-refractivity contribution in [3.05, 3.63) is 5.92 Å². The summed E-state index contributed by atoms with van der Waals surface area (Å²) in [5.74, 6) is 3.01. The maximum absolute atomic E-state index is 1.89. The lowest BCUT2D eigenvalue weighted by molar-refractivity contribution is 0.298. The quantitative estimate of drug-likeness (QED) is 0.547. The molecule has 2 aliphatic carbocycles. The van der Waals surface area contributed by atoms with Crippen molar-refractivity contribution in [3.63, 3.8) is 0 Å². The summed E-state index contributed by atoms with van der Waals surface area (Å²) in [5.41, 5.74) is 0. The molecule has 0 aromatic heterocycles. The van der Waals surface area contributed by atoms with E-state index < -0.39 is 0 Å². The Labute approximate surface area is 64.0 Å². The van der Waals surface area contributed by atoms with Gasteiger partial charge in [-0.3, -0.25) is 0 Å². The molecule has 0 nitrogen and oxygen atoms in total. The summed E-state index contributed by atoms with van der Waals surface area (Å²) in [6.07, 6.45) is 12.0. The largest absolute Gasteiger partial charge is 0.0528 e. The van der Waals surface area contributed by atoms with Crippen LogP contribution < -0.4 is 0 Å². The van der Waals surface area contributed by atoms with Crippen LogP contribution in [0.4, 0.5) is 0 Å². The summed E-state index contributed by atoms with van der Waals surface area (Å²) < 4.78 is 0. The molecule has 57 valence electrons. The summed E-state index contributed by atoms with van der Waals surface area (Å²) in [6.45, 7) is 0. The van der Waals surface area contributed by atoms with Crippen molar-refractivity contribution in [1.29, 1.82) is 0 Å². The van der Waals surface area contributed by atoms with Gasteiger partial charge in [-0.1, -0.05) is 32.1 Å². The molecule has 2 aliphatic rings. The van der Waals surface area contributed by atoms with Gasteiger partial charge in [0, 0.05) is 0 Å². The van der Waals surface area contributed by atoms with Crippen LogP contribution in [0.3, 0.4) is 0 Å². The Balaban J connectivity index is 1.68. The van der Waals surface area contributed by atoms with Crippen LogP contribution >= 0.6 is 0 Å². The molecule has 0 bridgehead atoms. The van der Waals surface area contributed by atoms with Crippen LogP contribution in [0, 0.1) is 11.8 Å². The second kappa shape index (κ2) is 2.94. The maximum atomic E-state index is 1.89. The molecule has 0 saturated heterocycles. The van der Waals surface area contributed by atoms with Gasteiger partial charge in [-0.05, 0) is 31.1 Å². The third-order valence-corrected chi connectivity index (χ3v) is 3.11. The first-order valence-electron chi connectivity index (χ1n) is 4.79. The molecule has 2 rings (SSSR count). The molecule has 0 unspecified atom stereocenters. The van der Waals surface area contributed by atoms with Gasteiger partial charge in [-0.15, -0.1) is 0 Å². The molecule has 0 aliphatic heterocycles. The molecule has 0 amide bonds. The predicted octanol–water partition coefficient (Wildman–Crippen LogP) is 3.33. The van der Waals surface area contributed by atoms with Gasteiger partial charge in [-0.25, -0.2) is 0 Å². The zero-order valence-corrected chi connectivity index (χ0v) is 6.73. The zero-order valence-electron chi connectivity index (χ0n) is 6.73. The van der Waals surface area contributed by atoms with Gasteiger partial charge in [0.2, 0.25) is 0 Å². The monoisotopic (exact) mass is 137 g/mol. The fourth-order valence-corrected chi connectivity index (χ4v) is 2.18. The second-order valence-corrected chi connectivity index (χ2v) is 3.96. The molecular formula is C10H17. The van der Waals surface area contributed by atoms with Crippen molar-refractivity contribution in [3.8, 4) is 0 Å². The Hall–Kier alpha value is 0. The summed E-state index contributed by atoms with van der Waals surface area (Å²) in [6, 6.07) is 0. The Kier molecular flexibility index (Phi) is 1.97. The van der Waals surface area contributed by atoms with E-state index in [-0.39, 0.29) is 0 Å². The van der Waals surface area contributed by atoms with E-state index in [2.05, 4.69) is 0 Å². The van der Waals surface area contributed by atoms with E-state index in [4.69, 9.17) is 0 Å². The predicted molar refractivity (Wildman–Crippen MR) is 43.7 cm³/mol. The first-order valence-corrected chi connectivity index (χ1v) is 4.79. The standard InChI is InChI=1S/C10H17/c1-2-5-9(4-1)8-10-6-3-7-10/h10H,1-8H2. The minimum Gasteiger partial charge on any atom is -0.0528 e. The highest BCUT2D eigenvalue weighted by Crippen LogP contribution is 2.39. The summed E-state index contributed by atoms with van der Waals surface area (Å²) in [7, 11) is 0. The Morgan fingerprint density at radius 1 is 1.00 bits per heavy atom. The molecule has 0 aromatic rings. The van der Waals surface area contributed by atoms with Crippen molar-refractivity contribution < 1.29 is 0 Å². The summed E-state index contributed by atoms with van der Waals surface area (Å²) >= 11 is 0. The lowest BCUT2D eigenvalue weighted by Gasteiger charge is -2.27. The summed E-state index contributed by atoms with van der Waals surface area (Å²) in [5, 5.41) is 0. The fraction of sp³-hybridized carbons (Fsp3) is 0.900. The molecule has 0 atom stereocenters. The van der Waals surface area contributed by atoms with E-state index in [0.29, 0.717) is 0 Å².